The Bertz CT molecular complexity index is 959. The average molecular weight is 335 g/mol. The Labute approximate surface area is 142 Å². The van der Waals surface area contributed by atoms with E-state index < -0.39 is 0 Å². The highest BCUT2D eigenvalue weighted by Gasteiger charge is 2.12. The maximum absolute atomic E-state index is 12.3. The van der Waals surface area contributed by atoms with Gasteiger partial charge in [-0.1, -0.05) is 12.1 Å². The number of fused-ring (bicyclic) bond motifs is 1. The van der Waals surface area contributed by atoms with E-state index in [-0.39, 0.29) is 5.91 Å². The maximum Gasteiger partial charge on any atom is 0.280 e. The van der Waals surface area contributed by atoms with Gasteiger partial charge in [-0.05, 0) is 35.9 Å². The Kier molecular flexibility index (Phi) is 3.80. The van der Waals surface area contributed by atoms with Gasteiger partial charge in [0.15, 0.2) is 5.01 Å². The van der Waals surface area contributed by atoms with Gasteiger partial charge in [-0.25, -0.2) is 4.98 Å². The lowest BCUT2D eigenvalue weighted by Gasteiger charge is -2.04. The first-order chi connectivity index (χ1) is 11.8. The van der Waals surface area contributed by atoms with Gasteiger partial charge in [0.1, 0.15) is 5.76 Å². The Morgan fingerprint density at radius 2 is 2.08 bits per heavy atom. The van der Waals surface area contributed by atoms with Crippen molar-refractivity contribution in [3.63, 3.8) is 0 Å². The molecule has 0 spiro atoms. The third-order valence-corrected chi connectivity index (χ3v) is 4.58. The van der Waals surface area contributed by atoms with Crippen molar-refractivity contribution >= 4 is 27.5 Å². The van der Waals surface area contributed by atoms with Gasteiger partial charge < -0.3 is 9.73 Å². The molecule has 0 aliphatic rings. The van der Waals surface area contributed by atoms with Gasteiger partial charge in [-0.15, -0.1) is 11.3 Å². The van der Waals surface area contributed by atoms with E-state index >= 15 is 0 Å². The Balaban J connectivity index is 1.48. The molecule has 24 heavy (non-hydrogen) atoms. The Morgan fingerprint density at radius 1 is 1.17 bits per heavy atom. The SMILES string of the molecule is O=C(NCc1cncc(-c2ccco2)c1)c1nc2ccccc2s1. The number of rotatable bonds is 4. The highest BCUT2D eigenvalue weighted by atomic mass is 32.1. The van der Waals surface area contributed by atoms with Crippen LogP contribution in [0.3, 0.4) is 0 Å². The number of hydrogen-bond acceptors (Lipinski definition) is 5. The van der Waals surface area contributed by atoms with Crippen LogP contribution in [0.2, 0.25) is 0 Å². The molecule has 0 bridgehead atoms. The van der Waals surface area contributed by atoms with Crippen LogP contribution in [0.15, 0.2) is 65.5 Å². The lowest BCUT2D eigenvalue weighted by atomic mass is 10.1. The Hall–Kier alpha value is -2.99. The summed E-state index contributed by atoms with van der Waals surface area (Å²) >= 11 is 1.39. The van der Waals surface area contributed by atoms with Crippen LogP contribution in [0.4, 0.5) is 0 Å². The monoisotopic (exact) mass is 335 g/mol. The van der Waals surface area contributed by atoms with Crippen LogP contribution in [-0.2, 0) is 6.54 Å². The van der Waals surface area contributed by atoms with Gasteiger partial charge in [0.2, 0.25) is 0 Å². The smallest absolute Gasteiger partial charge is 0.280 e. The Morgan fingerprint density at radius 3 is 2.92 bits per heavy atom. The molecule has 4 rings (SSSR count). The van der Waals surface area contributed by atoms with Gasteiger partial charge in [0.25, 0.3) is 5.91 Å². The zero-order valence-corrected chi connectivity index (χ0v) is 13.4. The summed E-state index contributed by atoms with van der Waals surface area (Å²) in [5, 5.41) is 3.35. The van der Waals surface area contributed by atoms with Crippen LogP contribution >= 0.6 is 11.3 Å². The molecule has 0 saturated heterocycles. The van der Waals surface area contributed by atoms with Crippen LogP contribution in [-0.4, -0.2) is 15.9 Å². The van der Waals surface area contributed by atoms with E-state index in [1.165, 1.54) is 11.3 Å². The number of nitrogens with one attached hydrogen (secondary N) is 1. The topological polar surface area (TPSA) is 68.0 Å². The molecule has 1 N–H and O–H groups in total. The highest BCUT2D eigenvalue weighted by molar-refractivity contribution is 7.20. The normalized spacial score (nSPS) is 10.8. The first-order valence-corrected chi connectivity index (χ1v) is 8.23. The number of pyridine rings is 1. The van der Waals surface area contributed by atoms with Gasteiger partial charge in [0, 0.05) is 24.5 Å². The number of carbonyl (C=O) groups is 1. The minimum absolute atomic E-state index is 0.181. The predicted octanol–water partition coefficient (Wildman–Crippen LogP) is 3.88. The number of carbonyl (C=O) groups excluding carboxylic acids is 1. The van der Waals surface area contributed by atoms with E-state index in [1.807, 2.05) is 42.5 Å². The second kappa shape index (κ2) is 6.25. The van der Waals surface area contributed by atoms with Crippen molar-refractivity contribution < 1.29 is 9.21 Å². The zero-order chi connectivity index (χ0) is 16.4. The van der Waals surface area contributed by atoms with Crippen molar-refractivity contribution in [2.24, 2.45) is 0 Å². The van der Waals surface area contributed by atoms with Gasteiger partial charge in [-0.2, -0.15) is 0 Å². The number of para-hydroxylation sites is 1. The lowest BCUT2D eigenvalue weighted by Crippen LogP contribution is -2.22. The predicted molar refractivity (Wildman–Crippen MR) is 92.7 cm³/mol. The maximum atomic E-state index is 12.3. The van der Waals surface area contributed by atoms with Gasteiger partial charge in [0.05, 0.1) is 16.5 Å². The van der Waals surface area contributed by atoms with E-state index in [4.69, 9.17) is 4.42 Å². The largest absolute Gasteiger partial charge is 0.464 e. The van der Waals surface area contributed by atoms with Crippen molar-refractivity contribution in [2.45, 2.75) is 6.54 Å². The molecule has 0 saturated carbocycles. The third kappa shape index (κ3) is 2.91. The minimum Gasteiger partial charge on any atom is -0.464 e. The third-order valence-electron chi connectivity index (χ3n) is 3.54. The fraction of sp³-hybridized carbons (Fsp3) is 0.0556. The molecule has 0 aliphatic heterocycles. The van der Waals surface area contributed by atoms with E-state index in [2.05, 4.69) is 15.3 Å². The van der Waals surface area contributed by atoms with Gasteiger partial charge >= 0.3 is 0 Å². The van der Waals surface area contributed by atoms with Crippen LogP contribution in [0.5, 0.6) is 0 Å². The number of furan rings is 1. The number of benzene rings is 1. The molecule has 0 aliphatic carbocycles. The lowest BCUT2D eigenvalue weighted by molar-refractivity contribution is 0.0950. The fourth-order valence-corrected chi connectivity index (χ4v) is 3.27. The zero-order valence-electron chi connectivity index (χ0n) is 12.6. The van der Waals surface area contributed by atoms with Crippen molar-refractivity contribution in [3.05, 3.63) is 71.7 Å². The summed E-state index contributed by atoms with van der Waals surface area (Å²) in [6, 6.07) is 13.4. The first-order valence-electron chi connectivity index (χ1n) is 7.41. The molecule has 3 aromatic heterocycles. The summed E-state index contributed by atoms with van der Waals surface area (Å²) in [5.74, 6) is 0.571. The molecule has 118 valence electrons. The number of hydrogen-bond donors (Lipinski definition) is 1. The molecule has 0 atom stereocenters. The second-order valence-corrected chi connectivity index (χ2v) is 6.26. The second-order valence-electron chi connectivity index (χ2n) is 5.23. The summed E-state index contributed by atoms with van der Waals surface area (Å²) in [6.07, 6.45) is 5.08. The standard InChI is InChI=1S/C18H13N3O2S/c22-17(18-21-14-4-1-2-6-16(14)24-18)20-10-12-8-13(11-19-9-12)15-5-3-7-23-15/h1-9,11H,10H2,(H,20,22). The molecule has 0 unspecified atom stereocenters. The molecule has 0 fully saturated rings. The quantitative estimate of drug-likeness (QED) is 0.614. The van der Waals surface area contributed by atoms with Crippen LogP contribution in [0.1, 0.15) is 15.4 Å². The van der Waals surface area contributed by atoms with Gasteiger partial charge in [-0.3, -0.25) is 9.78 Å². The van der Waals surface area contributed by atoms with Crippen LogP contribution < -0.4 is 5.32 Å². The number of amides is 1. The van der Waals surface area contributed by atoms with Crippen molar-refractivity contribution in [2.75, 3.05) is 0 Å². The number of aromatic nitrogens is 2. The summed E-state index contributed by atoms with van der Waals surface area (Å²) in [7, 11) is 0. The van der Waals surface area contributed by atoms with E-state index in [9.17, 15) is 4.79 Å². The first kappa shape index (κ1) is 14.6. The molecule has 1 aromatic carbocycles. The number of nitrogens with zero attached hydrogens (tertiary/aromatic N) is 2. The summed E-state index contributed by atoms with van der Waals surface area (Å²) in [6.45, 7) is 0.385. The molecule has 0 radical (unpaired) electrons. The molecule has 4 aromatic rings. The molecule has 6 heteroatoms. The average Bonchev–Trinajstić information content (AvgIpc) is 3.29. The fourth-order valence-electron chi connectivity index (χ4n) is 2.39. The summed E-state index contributed by atoms with van der Waals surface area (Å²) in [4.78, 5) is 20.9. The molecule has 3 heterocycles. The summed E-state index contributed by atoms with van der Waals surface area (Å²) < 4.78 is 6.37. The van der Waals surface area contributed by atoms with Crippen LogP contribution in [0.25, 0.3) is 21.5 Å². The van der Waals surface area contributed by atoms with E-state index in [0.29, 0.717) is 11.6 Å². The minimum atomic E-state index is -0.181. The molecular formula is C18H13N3O2S. The number of thiazole rings is 1. The van der Waals surface area contributed by atoms with Crippen molar-refractivity contribution in [1.29, 1.82) is 0 Å². The van der Waals surface area contributed by atoms with E-state index in [0.717, 1.165) is 27.1 Å². The highest BCUT2D eigenvalue weighted by Crippen LogP contribution is 2.22. The van der Waals surface area contributed by atoms with Crippen molar-refractivity contribution in [1.82, 2.24) is 15.3 Å². The molecular weight excluding hydrogens is 322 g/mol. The molecule has 1 amide bonds. The van der Waals surface area contributed by atoms with E-state index in [1.54, 1.807) is 18.7 Å². The van der Waals surface area contributed by atoms with Crippen LogP contribution in [0, 0.1) is 0 Å². The van der Waals surface area contributed by atoms with Crippen molar-refractivity contribution in [3.8, 4) is 11.3 Å². The summed E-state index contributed by atoms with van der Waals surface area (Å²) in [5.41, 5.74) is 2.62. The molecule has 5 nitrogen and oxygen atoms in total.